The lowest BCUT2D eigenvalue weighted by Crippen LogP contribution is -2.65. The van der Waals surface area contributed by atoms with Gasteiger partial charge >= 0.3 is 0 Å². The first-order valence-corrected chi connectivity index (χ1v) is 27.8. The van der Waals surface area contributed by atoms with Crippen molar-refractivity contribution in [3.63, 3.8) is 0 Å². The minimum Gasteiger partial charge on any atom is -0.394 e. The molecule has 0 aliphatic carbocycles. The molecule has 2 saturated heterocycles. The van der Waals surface area contributed by atoms with E-state index in [1.807, 2.05) is 0 Å². The van der Waals surface area contributed by atoms with Crippen LogP contribution in [-0.4, -0.2) is 140 Å². The number of unbranched alkanes of at least 4 members (excludes halogenated alkanes) is 15. The highest BCUT2D eigenvalue weighted by atomic mass is 16.7. The number of hydrogen-bond donors (Lipinski definition) is 9. The van der Waals surface area contributed by atoms with Crippen molar-refractivity contribution in [2.24, 2.45) is 0 Å². The summed E-state index contributed by atoms with van der Waals surface area (Å²) in [5.74, 6) is -0.268. The monoisotopic (exact) mass is 1020 g/mol. The van der Waals surface area contributed by atoms with Crippen molar-refractivity contribution >= 4 is 5.91 Å². The lowest BCUT2D eigenvalue weighted by atomic mass is 9.97. The van der Waals surface area contributed by atoms with Gasteiger partial charge in [-0.25, -0.2) is 0 Å². The standard InChI is InChI=1S/C58H99NO13/c1-3-5-7-9-11-13-15-17-19-20-21-22-23-24-25-26-28-30-32-34-36-38-40-42-50(63)59-46(47(62)41-39-37-35-33-31-29-27-18-16-14-12-10-8-6-4-2)45-69-57-55(68)53(66)56(49(44-61)71-57)72-58-54(67)52(65)51(64)48(43-60)70-58/h5,7,11,13,17,19,21-22,24-25,28,30,34,36,46-49,51-58,60-62,64-68H,3-4,6,8-10,12,14-16,18,20,23,26-27,29,31-33,35,37-45H2,1-2H3,(H,59,63)/b7-5-,13-11-,19-17-,22-21-,25-24-,30-28-,36-34-. The third-order valence-electron chi connectivity index (χ3n) is 13.1. The van der Waals surface area contributed by atoms with Crippen molar-refractivity contribution in [2.75, 3.05) is 19.8 Å². The predicted molar refractivity (Wildman–Crippen MR) is 286 cm³/mol. The maximum atomic E-state index is 13.2. The van der Waals surface area contributed by atoms with Gasteiger partial charge in [0.05, 0.1) is 32.0 Å². The Balaban J connectivity index is 1.82. The highest BCUT2D eigenvalue weighted by molar-refractivity contribution is 5.76. The molecule has 414 valence electrons. The maximum Gasteiger partial charge on any atom is 0.220 e. The second-order valence-electron chi connectivity index (χ2n) is 19.3. The molecule has 2 heterocycles. The van der Waals surface area contributed by atoms with Crippen molar-refractivity contribution in [1.82, 2.24) is 5.32 Å². The number of carbonyl (C=O) groups is 1. The van der Waals surface area contributed by atoms with Gasteiger partial charge in [0, 0.05) is 6.42 Å². The Morgan fingerprint density at radius 3 is 1.42 bits per heavy atom. The van der Waals surface area contributed by atoms with Crippen molar-refractivity contribution in [1.29, 1.82) is 0 Å². The zero-order valence-corrected chi connectivity index (χ0v) is 44.1. The van der Waals surface area contributed by atoms with Crippen LogP contribution in [0.5, 0.6) is 0 Å². The SMILES string of the molecule is CC/C=C\C/C=C\C/C=C\C/C=C\C/C=C\C/C=C\C/C=C\CCCC(=O)NC(COC1OC(CO)C(OC2OC(CO)C(O)C(O)C2O)C(O)C1O)C(O)CCCCCCCCCCCCCCCCC. The van der Waals surface area contributed by atoms with Crippen LogP contribution in [-0.2, 0) is 23.7 Å². The third-order valence-corrected chi connectivity index (χ3v) is 13.1. The number of ether oxygens (including phenoxy) is 4. The summed E-state index contributed by atoms with van der Waals surface area (Å²) in [6, 6.07) is -0.864. The van der Waals surface area contributed by atoms with E-state index < -0.39 is 86.8 Å². The summed E-state index contributed by atoms with van der Waals surface area (Å²) in [7, 11) is 0. The molecule has 9 N–H and O–H groups in total. The Kier molecular flexibility index (Phi) is 39.4. The Morgan fingerprint density at radius 1 is 0.514 bits per heavy atom. The lowest BCUT2D eigenvalue weighted by Gasteiger charge is -2.46. The molecule has 12 atom stereocenters. The van der Waals surface area contributed by atoms with E-state index in [1.54, 1.807) is 0 Å². The van der Waals surface area contributed by atoms with Crippen molar-refractivity contribution in [3.8, 4) is 0 Å². The van der Waals surface area contributed by atoms with E-state index in [9.17, 15) is 45.6 Å². The zero-order valence-electron chi connectivity index (χ0n) is 44.1. The molecule has 2 rings (SSSR count). The smallest absolute Gasteiger partial charge is 0.220 e. The summed E-state index contributed by atoms with van der Waals surface area (Å²) in [4.78, 5) is 13.2. The van der Waals surface area contributed by atoms with Gasteiger partial charge in [0.15, 0.2) is 12.6 Å². The van der Waals surface area contributed by atoms with Gasteiger partial charge in [-0.1, -0.05) is 195 Å². The Bertz CT molecular complexity index is 1530. The number of rotatable bonds is 42. The molecule has 14 heteroatoms. The lowest BCUT2D eigenvalue weighted by molar-refractivity contribution is -0.359. The molecule has 0 bridgehead atoms. The van der Waals surface area contributed by atoms with Gasteiger partial charge < -0.3 is 65.1 Å². The fourth-order valence-corrected chi connectivity index (χ4v) is 8.64. The summed E-state index contributed by atoms with van der Waals surface area (Å²) in [6.07, 6.45) is 40.1. The van der Waals surface area contributed by atoms with E-state index in [0.29, 0.717) is 19.3 Å². The van der Waals surface area contributed by atoms with Gasteiger partial charge in [-0.15, -0.1) is 0 Å². The molecule has 2 aliphatic rings. The van der Waals surface area contributed by atoms with Gasteiger partial charge in [-0.05, 0) is 64.2 Å². The summed E-state index contributed by atoms with van der Waals surface area (Å²) in [5, 5.41) is 87.0. The number of amides is 1. The van der Waals surface area contributed by atoms with Crippen LogP contribution >= 0.6 is 0 Å². The average molecular weight is 1020 g/mol. The number of aliphatic hydroxyl groups is 8. The normalized spacial score (nSPS) is 26.2. The van der Waals surface area contributed by atoms with Crippen LogP contribution in [0.1, 0.15) is 181 Å². The molecule has 0 aromatic heterocycles. The Morgan fingerprint density at radius 2 is 0.944 bits per heavy atom. The van der Waals surface area contributed by atoms with E-state index in [1.165, 1.54) is 70.6 Å². The Hall–Kier alpha value is -2.83. The molecule has 0 aromatic rings. The van der Waals surface area contributed by atoms with Crippen LogP contribution in [0, 0.1) is 0 Å². The number of allylic oxidation sites excluding steroid dienone is 14. The number of nitrogens with one attached hydrogen (secondary N) is 1. The predicted octanol–water partition coefficient (Wildman–Crippen LogP) is 8.55. The summed E-state index contributed by atoms with van der Waals surface area (Å²) in [5.41, 5.74) is 0. The van der Waals surface area contributed by atoms with Crippen molar-refractivity contribution in [2.45, 2.75) is 254 Å². The molecule has 2 aliphatic heterocycles. The third kappa shape index (κ3) is 29.3. The molecular weight excluding hydrogens is 919 g/mol. The molecular formula is C58H99NO13. The van der Waals surface area contributed by atoms with Crippen molar-refractivity contribution in [3.05, 3.63) is 85.1 Å². The van der Waals surface area contributed by atoms with E-state index in [2.05, 4.69) is 104 Å². The van der Waals surface area contributed by atoms with E-state index in [0.717, 1.165) is 70.6 Å². The van der Waals surface area contributed by atoms with Crippen LogP contribution in [0.3, 0.4) is 0 Å². The second-order valence-corrected chi connectivity index (χ2v) is 19.3. The summed E-state index contributed by atoms with van der Waals surface area (Å²) in [6.45, 7) is 2.69. The van der Waals surface area contributed by atoms with Crippen LogP contribution in [0.15, 0.2) is 85.1 Å². The first kappa shape index (κ1) is 65.3. The zero-order chi connectivity index (χ0) is 52.4. The molecule has 0 aromatic carbocycles. The minimum atomic E-state index is -1.79. The minimum absolute atomic E-state index is 0.219. The van der Waals surface area contributed by atoms with Gasteiger partial charge in [0.1, 0.15) is 48.8 Å². The molecule has 12 unspecified atom stereocenters. The van der Waals surface area contributed by atoms with E-state index in [4.69, 9.17) is 18.9 Å². The average Bonchev–Trinajstić information content (AvgIpc) is 3.38. The molecule has 0 saturated carbocycles. The first-order valence-electron chi connectivity index (χ1n) is 27.8. The van der Waals surface area contributed by atoms with Crippen LogP contribution in [0.25, 0.3) is 0 Å². The van der Waals surface area contributed by atoms with Gasteiger partial charge in [0.25, 0.3) is 0 Å². The van der Waals surface area contributed by atoms with Gasteiger partial charge in [-0.3, -0.25) is 4.79 Å². The van der Waals surface area contributed by atoms with Gasteiger partial charge in [-0.2, -0.15) is 0 Å². The molecule has 1 amide bonds. The molecule has 14 nitrogen and oxygen atoms in total. The second kappa shape index (κ2) is 43.4. The number of carbonyl (C=O) groups excluding carboxylic acids is 1. The number of hydrogen-bond acceptors (Lipinski definition) is 13. The maximum absolute atomic E-state index is 13.2. The summed E-state index contributed by atoms with van der Waals surface area (Å²) >= 11 is 0. The van der Waals surface area contributed by atoms with Gasteiger partial charge in [0.2, 0.25) is 5.91 Å². The number of aliphatic hydroxyl groups excluding tert-OH is 8. The largest absolute Gasteiger partial charge is 0.394 e. The molecule has 72 heavy (non-hydrogen) atoms. The molecule has 2 fully saturated rings. The van der Waals surface area contributed by atoms with E-state index in [-0.39, 0.29) is 18.9 Å². The summed E-state index contributed by atoms with van der Waals surface area (Å²) < 4.78 is 22.8. The topological polar surface area (TPSA) is 228 Å². The highest BCUT2D eigenvalue weighted by Crippen LogP contribution is 2.30. The highest BCUT2D eigenvalue weighted by Gasteiger charge is 2.51. The first-order chi connectivity index (χ1) is 35.1. The van der Waals surface area contributed by atoms with Crippen molar-refractivity contribution < 1.29 is 64.6 Å². The van der Waals surface area contributed by atoms with E-state index >= 15 is 0 Å². The fourth-order valence-electron chi connectivity index (χ4n) is 8.64. The van der Waals surface area contributed by atoms with Crippen LogP contribution in [0.2, 0.25) is 0 Å². The Labute approximate surface area is 433 Å². The fraction of sp³-hybridized carbons (Fsp3) is 0.741. The van der Waals surface area contributed by atoms with Crippen LogP contribution in [0.4, 0.5) is 0 Å². The molecule has 0 radical (unpaired) electrons. The van der Waals surface area contributed by atoms with Crippen LogP contribution < -0.4 is 5.32 Å². The quantitative estimate of drug-likeness (QED) is 0.0207. The molecule has 0 spiro atoms.